The smallest absolute Gasteiger partial charge is 0.437 e. The fraction of sp³-hybridized carbons (Fsp3) is 0.357. The summed E-state index contributed by atoms with van der Waals surface area (Å²) in [7, 11) is 0. The number of nitrogens with two attached hydrogens (primary N) is 1. The number of ketones is 1. The first-order chi connectivity index (χ1) is 19.5. The summed E-state index contributed by atoms with van der Waals surface area (Å²) in [6.45, 7) is 4.70. The third kappa shape index (κ3) is 12.6. The van der Waals surface area contributed by atoms with E-state index in [-0.39, 0.29) is 32.6 Å². The minimum atomic E-state index is -1.14. The number of Topliss-reactive ketones (excluding diaryl/α,β-unsaturated/α-hetero) is 1. The molecule has 0 aliphatic carbocycles. The van der Waals surface area contributed by atoms with Crippen LogP contribution in [0.4, 0.5) is 14.4 Å². The van der Waals surface area contributed by atoms with Gasteiger partial charge in [-0.25, -0.2) is 19.3 Å². The van der Waals surface area contributed by atoms with Crippen molar-refractivity contribution in [2.24, 2.45) is 10.7 Å². The number of amides is 3. The second-order valence-corrected chi connectivity index (χ2v) is 9.69. The van der Waals surface area contributed by atoms with E-state index in [0.29, 0.717) is 11.8 Å². The second-order valence-electron chi connectivity index (χ2n) is 9.69. The number of carbonyl (C=O) groups is 4. The highest BCUT2D eigenvalue weighted by atomic mass is 16.6. The van der Waals surface area contributed by atoms with Crippen molar-refractivity contribution < 1.29 is 38.2 Å². The standard InChI is InChI=1S/C28H34N6O7/c1-28(2,3)41-26(37)32-22(23(35)17-31-30)15-10-16-34(27(38)40-19-21-13-8-5-9-14-21)24(29)33-25(36)39-18-20-11-6-4-7-12-20/h4-9,11-14,17,22H,10,15-16,18-19H2,1-3H3,(H,32,37)(H2,29,33,36)/t22-/m0/s1. The Balaban J connectivity index is 2.12. The van der Waals surface area contributed by atoms with E-state index in [2.05, 4.69) is 15.1 Å². The summed E-state index contributed by atoms with van der Waals surface area (Å²) >= 11 is 0. The summed E-state index contributed by atoms with van der Waals surface area (Å²) in [5, 5.41) is 2.42. The fourth-order valence-corrected chi connectivity index (χ4v) is 3.34. The monoisotopic (exact) mass is 566 g/mol. The summed E-state index contributed by atoms with van der Waals surface area (Å²) in [6.07, 6.45) is -2.06. The van der Waals surface area contributed by atoms with Crippen LogP contribution in [0, 0.1) is 0 Å². The summed E-state index contributed by atoms with van der Waals surface area (Å²) in [6, 6.07) is 16.7. The highest BCUT2D eigenvalue weighted by molar-refractivity contribution is 6.28. The first kappa shape index (κ1) is 32.2. The van der Waals surface area contributed by atoms with E-state index >= 15 is 0 Å². The normalized spacial score (nSPS) is 11.8. The van der Waals surface area contributed by atoms with Crippen LogP contribution in [0.15, 0.2) is 65.7 Å². The highest BCUT2D eigenvalue weighted by Gasteiger charge is 2.27. The third-order valence-electron chi connectivity index (χ3n) is 5.21. The van der Waals surface area contributed by atoms with Crippen molar-refractivity contribution in [2.45, 2.75) is 58.5 Å². The number of benzene rings is 2. The number of hydrogen-bond donors (Lipinski definition) is 2. The Morgan fingerprint density at radius 3 is 2.10 bits per heavy atom. The molecule has 2 aromatic rings. The Labute approximate surface area is 237 Å². The molecule has 0 spiro atoms. The number of guanidine groups is 1. The van der Waals surface area contributed by atoms with Crippen molar-refractivity contribution in [1.82, 2.24) is 10.2 Å². The van der Waals surface area contributed by atoms with Gasteiger partial charge in [-0.05, 0) is 44.7 Å². The van der Waals surface area contributed by atoms with E-state index in [4.69, 9.17) is 25.5 Å². The van der Waals surface area contributed by atoms with Crippen LogP contribution >= 0.6 is 0 Å². The molecule has 0 bridgehead atoms. The van der Waals surface area contributed by atoms with Crippen LogP contribution in [0.25, 0.3) is 5.53 Å². The van der Waals surface area contributed by atoms with E-state index in [1.54, 1.807) is 69.3 Å². The maximum Gasteiger partial charge on any atom is 0.437 e. The Bertz CT molecular complexity index is 1260. The van der Waals surface area contributed by atoms with Gasteiger partial charge in [-0.15, -0.1) is 4.99 Å². The van der Waals surface area contributed by atoms with Crippen LogP contribution in [-0.2, 0) is 32.2 Å². The zero-order valence-electron chi connectivity index (χ0n) is 23.2. The Hall–Kier alpha value is -5.03. The van der Waals surface area contributed by atoms with Gasteiger partial charge in [0.25, 0.3) is 5.78 Å². The highest BCUT2D eigenvalue weighted by Crippen LogP contribution is 2.10. The van der Waals surface area contributed by atoms with Gasteiger partial charge in [0, 0.05) is 6.54 Å². The molecule has 0 unspecified atom stereocenters. The average molecular weight is 567 g/mol. The zero-order chi connectivity index (χ0) is 30.3. The molecule has 0 aromatic heterocycles. The summed E-state index contributed by atoms with van der Waals surface area (Å²) in [4.78, 5) is 57.2. The van der Waals surface area contributed by atoms with Crippen LogP contribution in [0.5, 0.6) is 0 Å². The first-order valence-electron chi connectivity index (χ1n) is 12.7. The van der Waals surface area contributed by atoms with E-state index in [1.807, 2.05) is 12.1 Å². The molecular formula is C28H34N6O7. The number of nitrogens with one attached hydrogen (secondary N) is 1. The predicted molar refractivity (Wildman–Crippen MR) is 149 cm³/mol. The van der Waals surface area contributed by atoms with Crippen molar-refractivity contribution in [3.8, 4) is 0 Å². The lowest BCUT2D eigenvalue weighted by Gasteiger charge is -2.23. The van der Waals surface area contributed by atoms with Crippen LogP contribution < -0.4 is 11.1 Å². The van der Waals surface area contributed by atoms with E-state index in [0.717, 1.165) is 10.5 Å². The van der Waals surface area contributed by atoms with Crippen LogP contribution in [0.1, 0.15) is 44.7 Å². The summed E-state index contributed by atoms with van der Waals surface area (Å²) in [5.41, 5.74) is 15.4. The topological polar surface area (TPSA) is 186 Å². The number of aliphatic imine (C=N–C) groups is 1. The van der Waals surface area contributed by atoms with Gasteiger partial charge >= 0.3 is 24.5 Å². The van der Waals surface area contributed by atoms with Gasteiger partial charge in [-0.2, -0.15) is 4.79 Å². The van der Waals surface area contributed by atoms with Gasteiger partial charge in [0.1, 0.15) is 24.9 Å². The first-order valence-corrected chi connectivity index (χ1v) is 12.7. The number of ether oxygens (including phenoxy) is 3. The van der Waals surface area contributed by atoms with Gasteiger partial charge in [-0.3, -0.25) is 4.79 Å². The van der Waals surface area contributed by atoms with Gasteiger partial charge in [0.2, 0.25) is 5.96 Å². The second kappa shape index (κ2) is 16.2. The number of rotatable bonds is 11. The van der Waals surface area contributed by atoms with Crippen LogP contribution in [-0.4, -0.2) is 64.1 Å². The number of alkyl carbamates (subject to hydrolysis) is 1. The fourth-order valence-electron chi connectivity index (χ4n) is 3.34. The predicted octanol–water partition coefficient (Wildman–Crippen LogP) is 3.82. The number of carbonyl (C=O) groups excluding carboxylic acids is 4. The number of hydrogen-bond acceptors (Lipinski definition) is 7. The van der Waals surface area contributed by atoms with Crippen molar-refractivity contribution in [3.63, 3.8) is 0 Å². The van der Waals surface area contributed by atoms with Crippen molar-refractivity contribution in [3.05, 3.63) is 77.3 Å². The van der Waals surface area contributed by atoms with Crippen LogP contribution in [0.2, 0.25) is 0 Å². The molecule has 41 heavy (non-hydrogen) atoms. The van der Waals surface area contributed by atoms with Gasteiger partial charge in [0.15, 0.2) is 0 Å². The van der Waals surface area contributed by atoms with E-state index < -0.39 is 41.7 Å². The molecule has 0 heterocycles. The van der Waals surface area contributed by atoms with Crippen LogP contribution in [0.3, 0.4) is 0 Å². The summed E-state index contributed by atoms with van der Waals surface area (Å²) in [5.74, 6) is -1.19. The minimum absolute atomic E-state index is 0.0156. The molecule has 0 fully saturated rings. The molecule has 0 radical (unpaired) electrons. The van der Waals surface area contributed by atoms with Crippen molar-refractivity contribution in [1.29, 1.82) is 0 Å². The third-order valence-corrected chi connectivity index (χ3v) is 5.21. The zero-order valence-corrected chi connectivity index (χ0v) is 23.2. The molecule has 0 aliphatic rings. The van der Waals surface area contributed by atoms with Crippen molar-refractivity contribution in [2.75, 3.05) is 6.54 Å². The molecule has 0 saturated heterocycles. The van der Waals surface area contributed by atoms with Gasteiger partial charge in [-0.1, -0.05) is 60.7 Å². The molecule has 3 N–H and O–H groups in total. The summed E-state index contributed by atoms with van der Waals surface area (Å²) < 4.78 is 15.7. The maximum atomic E-state index is 12.9. The molecule has 0 aliphatic heterocycles. The lowest BCUT2D eigenvalue weighted by atomic mass is 10.1. The molecule has 13 heteroatoms. The van der Waals surface area contributed by atoms with Crippen molar-refractivity contribution >= 4 is 36.2 Å². The quantitative estimate of drug-likeness (QED) is 0.135. The largest absolute Gasteiger partial charge is 0.444 e. The molecule has 218 valence electrons. The molecule has 0 saturated carbocycles. The van der Waals surface area contributed by atoms with Gasteiger partial charge < -0.3 is 30.8 Å². The van der Waals surface area contributed by atoms with E-state index in [1.165, 1.54) is 0 Å². The van der Waals surface area contributed by atoms with E-state index in [9.17, 15) is 19.2 Å². The lowest BCUT2D eigenvalue weighted by molar-refractivity contribution is -0.118. The Morgan fingerprint density at radius 1 is 1.00 bits per heavy atom. The Morgan fingerprint density at radius 2 is 1.56 bits per heavy atom. The molecule has 1 atom stereocenters. The lowest BCUT2D eigenvalue weighted by Crippen LogP contribution is -2.46. The minimum Gasteiger partial charge on any atom is -0.444 e. The van der Waals surface area contributed by atoms with Gasteiger partial charge in [0.05, 0.1) is 0 Å². The SMILES string of the molecule is CC(C)(C)OC(=O)N[C@@H](CCCN(C(=O)OCc1ccccc1)/C(N)=N/C(=O)OCc1ccccc1)C(=O)C=[N+]=[N-]. The maximum absolute atomic E-state index is 12.9. The molecule has 3 amide bonds. The molecule has 2 aromatic carbocycles. The number of nitrogens with zero attached hydrogens (tertiary/aromatic N) is 4. The average Bonchev–Trinajstić information content (AvgIpc) is 2.92. The molecule has 13 nitrogen and oxygen atoms in total. The Kier molecular flexibility index (Phi) is 12.7. The molecule has 2 rings (SSSR count). The molecular weight excluding hydrogens is 532 g/mol.